The first-order chi connectivity index (χ1) is 9.24. The van der Waals surface area contributed by atoms with E-state index in [2.05, 4.69) is 5.32 Å². The summed E-state index contributed by atoms with van der Waals surface area (Å²) in [6, 6.07) is 9.16. The fraction of sp³-hybridized carbons (Fsp3) is 0.429. The van der Waals surface area contributed by atoms with E-state index in [4.69, 9.17) is 9.47 Å². The van der Waals surface area contributed by atoms with E-state index >= 15 is 0 Å². The minimum absolute atomic E-state index is 0.0723. The van der Waals surface area contributed by atoms with E-state index in [1.54, 1.807) is 0 Å². The number of hydrogen-bond acceptors (Lipinski definition) is 5. The fourth-order valence-electron chi connectivity index (χ4n) is 1.36. The van der Waals surface area contributed by atoms with Crippen molar-refractivity contribution in [2.24, 2.45) is 0 Å². The number of rotatable bonds is 7. The molecular formula is C14H19NO4. The first kappa shape index (κ1) is 15.2. The quantitative estimate of drug-likeness (QED) is 0.457. The summed E-state index contributed by atoms with van der Waals surface area (Å²) in [6.45, 7) is 3.67. The molecule has 0 saturated heterocycles. The highest BCUT2D eigenvalue weighted by Gasteiger charge is 2.16. The first-order valence-electron chi connectivity index (χ1n) is 6.32. The van der Waals surface area contributed by atoms with Crippen LogP contribution in [0.15, 0.2) is 30.3 Å². The van der Waals surface area contributed by atoms with Crippen molar-refractivity contribution in [2.45, 2.75) is 20.0 Å². The molecule has 0 atom stereocenters. The highest BCUT2D eigenvalue weighted by atomic mass is 16.6. The molecule has 0 aromatic heterocycles. The van der Waals surface area contributed by atoms with Gasteiger partial charge in [-0.15, -0.1) is 0 Å². The number of nitrogens with one attached hydrogen (secondary N) is 1. The summed E-state index contributed by atoms with van der Waals surface area (Å²) in [5.41, 5.74) is 0.827. The van der Waals surface area contributed by atoms with Gasteiger partial charge in [0.05, 0.1) is 0 Å². The van der Waals surface area contributed by atoms with Gasteiger partial charge in [-0.1, -0.05) is 37.3 Å². The monoisotopic (exact) mass is 265 g/mol. The Labute approximate surface area is 112 Å². The topological polar surface area (TPSA) is 64.6 Å². The third kappa shape index (κ3) is 6.57. The van der Waals surface area contributed by atoms with Crippen molar-refractivity contribution in [3.8, 4) is 0 Å². The molecule has 0 unspecified atom stereocenters. The Morgan fingerprint density at radius 2 is 1.74 bits per heavy atom. The summed E-state index contributed by atoms with van der Waals surface area (Å²) in [5.74, 6) is -1.91. The molecule has 0 radical (unpaired) electrons. The van der Waals surface area contributed by atoms with E-state index < -0.39 is 11.9 Å². The van der Waals surface area contributed by atoms with Crippen molar-refractivity contribution in [3.63, 3.8) is 0 Å². The zero-order valence-corrected chi connectivity index (χ0v) is 11.1. The lowest BCUT2D eigenvalue weighted by molar-refractivity contribution is -0.168. The molecule has 0 heterocycles. The second-order valence-electron chi connectivity index (χ2n) is 3.95. The van der Waals surface area contributed by atoms with Crippen LogP contribution in [0, 0.1) is 0 Å². The van der Waals surface area contributed by atoms with E-state index in [-0.39, 0.29) is 13.2 Å². The van der Waals surface area contributed by atoms with Gasteiger partial charge < -0.3 is 14.8 Å². The van der Waals surface area contributed by atoms with Crippen molar-refractivity contribution in [3.05, 3.63) is 35.9 Å². The maximum atomic E-state index is 11.3. The minimum atomic E-state index is -0.959. The molecule has 0 aliphatic heterocycles. The van der Waals surface area contributed by atoms with Gasteiger partial charge in [0, 0.05) is 6.54 Å². The molecular weight excluding hydrogens is 246 g/mol. The van der Waals surface area contributed by atoms with Crippen molar-refractivity contribution in [1.82, 2.24) is 5.32 Å². The number of ether oxygens (including phenoxy) is 2. The molecule has 0 amide bonds. The largest absolute Gasteiger partial charge is 0.456 e. The second-order valence-corrected chi connectivity index (χ2v) is 3.95. The number of esters is 2. The van der Waals surface area contributed by atoms with Gasteiger partial charge in [0.25, 0.3) is 0 Å². The first-order valence-corrected chi connectivity index (χ1v) is 6.32. The molecule has 0 fully saturated rings. The van der Waals surface area contributed by atoms with Crippen molar-refractivity contribution >= 4 is 11.9 Å². The third-order valence-electron chi connectivity index (χ3n) is 2.32. The Bertz CT molecular complexity index is 392. The number of benzene rings is 1. The summed E-state index contributed by atoms with van der Waals surface area (Å²) < 4.78 is 9.60. The highest BCUT2D eigenvalue weighted by Crippen LogP contribution is 2.00. The van der Waals surface area contributed by atoms with Gasteiger partial charge in [-0.05, 0) is 18.5 Å². The van der Waals surface area contributed by atoms with Crippen LogP contribution in [-0.4, -0.2) is 31.6 Å². The standard InChI is InChI=1S/C14H19NO4/c1-2-8-15-9-10-18-13(16)14(17)19-11-12-6-4-3-5-7-12/h3-7,15H,2,8-11H2,1H3. The minimum Gasteiger partial charge on any atom is -0.456 e. The SMILES string of the molecule is CCCNCCOC(=O)C(=O)OCc1ccccc1. The molecule has 0 aliphatic rings. The van der Waals surface area contributed by atoms with Crippen molar-refractivity contribution < 1.29 is 19.1 Å². The number of carbonyl (C=O) groups excluding carboxylic acids is 2. The molecule has 5 heteroatoms. The van der Waals surface area contributed by atoms with Gasteiger partial charge in [-0.2, -0.15) is 0 Å². The maximum absolute atomic E-state index is 11.3. The smallest absolute Gasteiger partial charge is 0.417 e. The van der Waals surface area contributed by atoms with Crippen LogP contribution < -0.4 is 5.32 Å². The van der Waals surface area contributed by atoms with Gasteiger partial charge >= 0.3 is 11.9 Å². The maximum Gasteiger partial charge on any atom is 0.417 e. The lowest BCUT2D eigenvalue weighted by Gasteiger charge is -2.06. The average Bonchev–Trinajstić information content (AvgIpc) is 2.45. The van der Waals surface area contributed by atoms with E-state index in [1.165, 1.54) is 0 Å². The highest BCUT2D eigenvalue weighted by molar-refractivity contribution is 6.29. The van der Waals surface area contributed by atoms with Crippen LogP contribution in [0.3, 0.4) is 0 Å². The Balaban J connectivity index is 2.16. The zero-order valence-electron chi connectivity index (χ0n) is 11.1. The van der Waals surface area contributed by atoms with E-state index in [1.807, 2.05) is 37.3 Å². The van der Waals surface area contributed by atoms with Crippen LogP contribution in [0.1, 0.15) is 18.9 Å². The predicted molar refractivity (Wildman–Crippen MR) is 70.4 cm³/mol. The summed E-state index contributed by atoms with van der Waals surface area (Å²) >= 11 is 0. The summed E-state index contributed by atoms with van der Waals surface area (Å²) in [5, 5.41) is 3.06. The van der Waals surface area contributed by atoms with E-state index in [9.17, 15) is 9.59 Å². The van der Waals surface area contributed by atoms with Gasteiger partial charge in [0.15, 0.2) is 0 Å². The summed E-state index contributed by atoms with van der Waals surface area (Å²) in [6.07, 6.45) is 1.01. The van der Waals surface area contributed by atoms with Gasteiger partial charge in [0.2, 0.25) is 0 Å². The van der Waals surface area contributed by atoms with Crippen molar-refractivity contribution in [2.75, 3.05) is 19.7 Å². The van der Waals surface area contributed by atoms with E-state index in [0.717, 1.165) is 18.5 Å². The third-order valence-corrected chi connectivity index (χ3v) is 2.32. The Hall–Kier alpha value is -1.88. The average molecular weight is 265 g/mol. The molecule has 0 saturated carbocycles. The lowest BCUT2D eigenvalue weighted by Crippen LogP contribution is -2.26. The summed E-state index contributed by atoms with van der Waals surface area (Å²) in [7, 11) is 0. The van der Waals surface area contributed by atoms with Crippen molar-refractivity contribution in [1.29, 1.82) is 0 Å². The van der Waals surface area contributed by atoms with Gasteiger partial charge in [-0.3, -0.25) is 0 Å². The van der Waals surface area contributed by atoms with Gasteiger partial charge in [0.1, 0.15) is 13.2 Å². The molecule has 1 aromatic rings. The Morgan fingerprint density at radius 3 is 2.42 bits per heavy atom. The fourth-order valence-corrected chi connectivity index (χ4v) is 1.36. The zero-order chi connectivity index (χ0) is 13.9. The summed E-state index contributed by atoms with van der Waals surface area (Å²) in [4.78, 5) is 22.6. The normalized spacial score (nSPS) is 9.95. The molecule has 0 aliphatic carbocycles. The Morgan fingerprint density at radius 1 is 1.05 bits per heavy atom. The van der Waals surface area contributed by atoms with Crippen LogP contribution in [-0.2, 0) is 25.7 Å². The molecule has 1 aromatic carbocycles. The molecule has 104 valence electrons. The number of carbonyl (C=O) groups is 2. The molecule has 0 bridgehead atoms. The molecule has 1 N–H and O–H groups in total. The van der Waals surface area contributed by atoms with Crippen LogP contribution in [0.25, 0.3) is 0 Å². The Kier molecular flexibility index (Phi) is 7.27. The van der Waals surface area contributed by atoms with Crippen LogP contribution in [0.5, 0.6) is 0 Å². The van der Waals surface area contributed by atoms with Crippen LogP contribution >= 0.6 is 0 Å². The van der Waals surface area contributed by atoms with E-state index in [0.29, 0.717) is 6.54 Å². The number of hydrogen-bond donors (Lipinski definition) is 1. The molecule has 1 rings (SSSR count). The molecule has 19 heavy (non-hydrogen) atoms. The predicted octanol–water partition coefficient (Wildman–Crippen LogP) is 1.27. The van der Waals surface area contributed by atoms with Crippen LogP contribution in [0.4, 0.5) is 0 Å². The molecule has 0 spiro atoms. The molecule has 5 nitrogen and oxygen atoms in total. The van der Waals surface area contributed by atoms with Gasteiger partial charge in [-0.25, -0.2) is 9.59 Å². The van der Waals surface area contributed by atoms with Crippen LogP contribution in [0.2, 0.25) is 0 Å². The second kappa shape index (κ2) is 9.10. The lowest BCUT2D eigenvalue weighted by atomic mass is 10.2.